The number of aromatic nitrogens is 1. The first kappa shape index (κ1) is 10.4. The Morgan fingerprint density at radius 2 is 2.29 bits per heavy atom. The molecule has 1 heterocycles. The number of nitrogens with zero attached hydrogens (tertiary/aromatic N) is 1. The molecule has 0 fully saturated rings. The third-order valence-corrected chi connectivity index (χ3v) is 2.04. The van der Waals surface area contributed by atoms with Crippen LogP contribution in [0.25, 0.3) is 0 Å². The molecular formula is C8H11N3O3. The van der Waals surface area contributed by atoms with Gasteiger partial charge in [0.2, 0.25) is 0 Å². The predicted octanol–water partition coefficient (Wildman–Crippen LogP) is 0.564. The topological polar surface area (TPSA) is 88.0 Å². The van der Waals surface area contributed by atoms with Gasteiger partial charge in [0.1, 0.15) is 0 Å². The number of nitro groups is 1. The molecule has 14 heavy (non-hydrogen) atoms. The van der Waals surface area contributed by atoms with E-state index < -0.39 is 16.2 Å². The van der Waals surface area contributed by atoms with Gasteiger partial charge in [-0.2, -0.15) is 0 Å². The van der Waals surface area contributed by atoms with Crippen molar-refractivity contribution in [1.82, 2.24) is 10.3 Å². The van der Waals surface area contributed by atoms with Crippen LogP contribution in [-0.2, 0) is 0 Å². The molecule has 1 rings (SSSR count). The minimum absolute atomic E-state index is 0.0365. The van der Waals surface area contributed by atoms with Crippen molar-refractivity contribution in [3.63, 3.8) is 0 Å². The van der Waals surface area contributed by atoms with Crippen LogP contribution in [0, 0.1) is 10.1 Å². The number of nitrogens with one attached hydrogen (secondary N) is 2. The molecule has 1 unspecified atom stereocenters. The van der Waals surface area contributed by atoms with Crippen molar-refractivity contribution in [1.29, 1.82) is 0 Å². The van der Waals surface area contributed by atoms with E-state index in [0.717, 1.165) is 0 Å². The molecule has 0 radical (unpaired) electrons. The third kappa shape index (κ3) is 1.97. The van der Waals surface area contributed by atoms with Crippen LogP contribution in [0.4, 0.5) is 5.69 Å². The minimum Gasteiger partial charge on any atom is -0.323 e. The molecular weight excluding hydrogens is 186 g/mol. The second-order valence-corrected chi connectivity index (χ2v) is 2.91. The van der Waals surface area contributed by atoms with Gasteiger partial charge in [-0.05, 0) is 19.5 Å². The van der Waals surface area contributed by atoms with E-state index in [1.165, 1.54) is 12.3 Å². The number of aromatic amines is 1. The molecule has 1 atom stereocenters. The Morgan fingerprint density at radius 3 is 2.79 bits per heavy atom. The zero-order valence-electron chi connectivity index (χ0n) is 7.90. The van der Waals surface area contributed by atoms with Gasteiger partial charge in [-0.15, -0.1) is 0 Å². The lowest BCUT2D eigenvalue weighted by molar-refractivity contribution is -0.386. The molecule has 0 spiro atoms. The monoisotopic (exact) mass is 197 g/mol. The van der Waals surface area contributed by atoms with E-state index in [4.69, 9.17) is 0 Å². The first-order valence-electron chi connectivity index (χ1n) is 4.10. The van der Waals surface area contributed by atoms with Crippen molar-refractivity contribution in [3.05, 3.63) is 38.3 Å². The molecule has 0 saturated carbocycles. The average molecular weight is 197 g/mol. The Hall–Kier alpha value is -1.69. The van der Waals surface area contributed by atoms with Crippen LogP contribution >= 0.6 is 0 Å². The fourth-order valence-electron chi connectivity index (χ4n) is 1.04. The van der Waals surface area contributed by atoms with E-state index in [2.05, 4.69) is 10.3 Å². The fraction of sp³-hybridized carbons (Fsp3) is 0.375. The summed E-state index contributed by atoms with van der Waals surface area (Å²) in [6.07, 6.45) is 1.47. The molecule has 0 aliphatic rings. The molecule has 0 aliphatic carbocycles. The summed E-state index contributed by atoms with van der Waals surface area (Å²) in [7, 11) is 1.74. The Kier molecular flexibility index (Phi) is 2.98. The average Bonchev–Trinajstić information content (AvgIpc) is 2.17. The summed E-state index contributed by atoms with van der Waals surface area (Å²) < 4.78 is 0. The van der Waals surface area contributed by atoms with Gasteiger partial charge in [0.25, 0.3) is 0 Å². The predicted molar refractivity (Wildman–Crippen MR) is 51.2 cm³/mol. The Bertz CT molecular complexity index is 399. The van der Waals surface area contributed by atoms with Gasteiger partial charge in [0.05, 0.1) is 4.92 Å². The number of pyridine rings is 1. The van der Waals surface area contributed by atoms with E-state index >= 15 is 0 Å². The van der Waals surface area contributed by atoms with Gasteiger partial charge in [-0.1, -0.05) is 0 Å². The van der Waals surface area contributed by atoms with Crippen LogP contribution in [0.3, 0.4) is 0 Å². The van der Waals surface area contributed by atoms with Gasteiger partial charge in [0, 0.05) is 18.3 Å². The van der Waals surface area contributed by atoms with Crippen LogP contribution in [0.15, 0.2) is 17.1 Å². The highest BCUT2D eigenvalue weighted by atomic mass is 16.6. The lowest BCUT2D eigenvalue weighted by Gasteiger charge is -2.08. The van der Waals surface area contributed by atoms with E-state index in [1.807, 2.05) is 6.92 Å². The van der Waals surface area contributed by atoms with E-state index in [0.29, 0.717) is 5.56 Å². The van der Waals surface area contributed by atoms with E-state index in [9.17, 15) is 14.9 Å². The van der Waals surface area contributed by atoms with Gasteiger partial charge >= 0.3 is 11.2 Å². The summed E-state index contributed by atoms with van der Waals surface area (Å²) in [6.45, 7) is 1.84. The van der Waals surface area contributed by atoms with E-state index in [1.54, 1.807) is 7.05 Å². The Morgan fingerprint density at radius 1 is 1.64 bits per heavy atom. The van der Waals surface area contributed by atoms with Crippen LogP contribution in [-0.4, -0.2) is 17.0 Å². The van der Waals surface area contributed by atoms with Crippen molar-refractivity contribution >= 4 is 5.69 Å². The first-order valence-corrected chi connectivity index (χ1v) is 4.10. The highest BCUT2D eigenvalue weighted by Gasteiger charge is 2.14. The molecule has 1 aromatic rings. The van der Waals surface area contributed by atoms with Gasteiger partial charge in [0.15, 0.2) is 0 Å². The van der Waals surface area contributed by atoms with Crippen molar-refractivity contribution in [2.75, 3.05) is 7.05 Å². The zero-order chi connectivity index (χ0) is 10.7. The van der Waals surface area contributed by atoms with Gasteiger partial charge in [-0.25, -0.2) is 0 Å². The largest absolute Gasteiger partial charge is 0.334 e. The fourth-order valence-corrected chi connectivity index (χ4v) is 1.04. The summed E-state index contributed by atoms with van der Waals surface area (Å²) in [5, 5.41) is 13.4. The molecule has 2 N–H and O–H groups in total. The molecule has 0 bridgehead atoms. The molecule has 6 heteroatoms. The molecule has 1 aromatic heterocycles. The lowest BCUT2D eigenvalue weighted by Crippen LogP contribution is -2.17. The van der Waals surface area contributed by atoms with Crippen molar-refractivity contribution < 1.29 is 4.92 Å². The summed E-state index contributed by atoms with van der Waals surface area (Å²) in [5.41, 5.74) is -0.426. The summed E-state index contributed by atoms with van der Waals surface area (Å²) in [5.74, 6) is 0. The van der Waals surface area contributed by atoms with Crippen molar-refractivity contribution in [2.45, 2.75) is 13.0 Å². The second-order valence-electron chi connectivity index (χ2n) is 2.91. The molecule has 0 amide bonds. The highest BCUT2D eigenvalue weighted by Crippen LogP contribution is 2.13. The maximum Gasteiger partial charge on any atom is 0.334 e. The summed E-state index contributed by atoms with van der Waals surface area (Å²) in [4.78, 5) is 23.1. The third-order valence-electron chi connectivity index (χ3n) is 2.04. The number of hydrogen-bond donors (Lipinski definition) is 2. The summed E-state index contributed by atoms with van der Waals surface area (Å²) in [6, 6.07) is 1.24. The van der Waals surface area contributed by atoms with Crippen LogP contribution in [0.1, 0.15) is 18.5 Å². The molecule has 6 nitrogen and oxygen atoms in total. The Labute approximate surface area is 80.1 Å². The maximum absolute atomic E-state index is 11.0. The zero-order valence-corrected chi connectivity index (χ0v) is 7.90. The molecule has 0 saturated heterocycles. The number of H-pyrrole nitrogens is 1. The van der Waals surface area contributed by atoms with Crippen LogP contribution in [0.2, 0.25) is 0 Å². The molecule has 0 aromatic carbocycles. The second kappa shape index (κ2) is 4.01. The lowest BCUT2D eigenvalue weighted by atomic mass is 10.1. The van der Waals surface area contributed by atoms with Gasteiger partial charge < -0.3 is 10.3 Å². The normalized spacial score (nSPS) is 12.4. The maximum atomic E-state index is 11.0. The molecule has 0 aliphatic heterocycles. The highest BCUT2D eigenvalue weighted by molar-refractivity contribution is 5.31. The van der Waals surface area contributed by atoms with Crippen molar-refractivity contribution in [2.24, 2.45) is 0 Å². The molecule has 76 valence electrons. The quantitative estimate of drug-likeness (QED) is 0.547. The number of hydrogen-bond acceptors (Lipinski definition) is 4. The Balaban J connectivity index is 3.19. The van der Waals surface area contributed by atoms with Gasteiger partial charge in [-0.3, -0.25) is 14.9 Å². The van der Waals surface area contributed by atoms with Crippen LogP contribution in [0.5, 0.6) is 0 Å². The van der Waals surface area contributed by atoms with E-state index in [-0.39, 0.29) is 6.04 Å². The van der Waals surface area contributed by atoms with Crippen LogP contribution < -0.4 is 10.9 Å². The SMILES string of the molecule is CNC(C)c1c[nH]c(=O)c([N+](=O)[O-])c1. The first-order chi connectivity index (χ1) is 6.56. The minimum atomic E-state index is -0.690. The van der Waals surface area contributed by atoms with Crippen molar-refractivity contribution in [3.8, 4) is 0 Å². The standard InChI is InChI=1S/C8H11N3O3/c1-5(9-2)6-3-7(11(13)14)8(12)10-4-6/h3-5,9H,1-2H3,(H,10,12). The summed E-state index contributed by atoms with van der Waals surface area (Å²) >= 11 is 0. The number of rotatable bonds is 3. The smallest absolute Gasteiger partial charge is 0.323 e.